The molecule has 3 nitrogen and oxygen atoms in total. The summed E-state index contributed by atoms with van der Waals surface area (Å²) in [5, 5.41) is 3.38. The standard InChI is InChI=1S/C10H18N2OS/c1-3-8-9(13)11-10(14-8)4-6-12(2)7-5-10/h8H,3-7H2,1-2H3,(H,11,13)/i3+2. The van der Waals surface area contributed by atoms with Crippen LogP contribution in [0.25, 0.3) is 0 Å². The van der Waals surface area contributed by atoms with Crippen LogP contribution in [-0.4, -0.2) is 41.1 Å². The highest BCUT2D eigenvalue weighted by Gasteiger charge is 2.45. The molecule has 2 aliphatic rings. The van der Waals surface area contributed by atoms with Crippen molar-refractivity contribution in [3.05, 3.63) is 0 Å². The number of thioether (sulfide) groups is 1. The van der Waals surface area contributed by atoms with E-state index in [1.807, 2.05) is 11.8 Å². The fraction of sp³-hybridized carbons (Fsp3) is 0.900. The molecular formula is C10H18N2OS. The third-order valence-corrected chi connectivity index (χ3v) is 4.97. The molecule has 2 fully saturated rings. The Morgan fingerprint density at radius 3 is 2.71 bits per heavy atom. The normalized spacial score (nSPS) is 32.1. The fourth-order valence-electron chi connectivity index (χ4n) is 2.15. The van der Waals surface area contributed by atoms with Gasteiger partial charge in [-0.3, -0.25) is 4.79 Å². The topological polar surface area (TPSA) is 32.3 Å². The zero-order valence-corrected chi connectivity index (χ0v) is 9.69. The molecule has 1 unspecified atom stereocenters. The molecule has 80 valence electrons. The summed E-state index contributed by atoms with van der Waals surface area (Å²) < 4.78 is 0. The number of nitrogens with one attached hydrogen (secondary N) is 1. The van der Waals surface area contributed by atoms with Crippen LogP contribution < -0.4 is 5.32 Å². The molecule has 0 aromatic carbocycles. The number of carbonyl (C=O) groups is 1. The first-order chi connectivity index (χ1) is 6.65. The number of piperidine rings is 1. The molecule has 2 heterocycles. The van der Waals surface area contributed by atoms with Crippen LogP contribution in [0.2, 0.25) is 0 Å². The van der Waals surface area contributed by atoms with E-state index in [-0.39, 0.29) is 16.0 Å². The zero-order valence-electron chi connectivity index (χ0n) is 8.88. The van der Waals surface area contributed by atoms with Crippen LogP contribution in [0.4, 0.5) is 0 Å². The summed E-state index contributed by atoms with van der Waals surface area (Å²) in [6.07, 6.45) is 3.14. The van der Waals surface area contributed by atoms with E-state index in [1.165, 1.54) is 0 Å². The first-order valence-corrected chi connectivity index (χ1v) is 6.21. The van der Waals surface area contributed by atoms with Crippen molar-refractivity contribution >= 4 is 17.7 Å². The quantitative estimate of drug-likeness (QED) is 0.711. The van der Waals surface area contributed by atoms with Gasteiger partial charge in [-0.15, -0.1) is 11.8 Å². The molecule has 0 bridgehead atoms. The predicted molar refractivity (Wildman–Crippen MR) is 59.3 cm³/mol. The van der Waals surface area contributed by atoms with E-state index >= 15 is 0 Å². The van der Waals surface area contributed by atoms with Crippen LogP contribution in [0.5, 0.6) is 0 Å². The summed E-state index contributed by atoms with van der Waals surface area (Å²) in [5.41, 5.74) is 0. The van der Waals surface area contributed by atoms with Gasteiger partial charge in [0.05, 0.1) is 10.1 Å². The molecule has 2 saturated heterocycles. The minimum absolute atomic E-state index is 0.0737. The Balaban J connectivity index is 2.02. The Labute approximate surface area is 89.6 Å². The average Bonchev–Trinajstić information content (AvgIpc) is 2.49. The number of nitrogens with zero attached hydrogens (tertiary/aromatic N) is 1. The number of amides is 1. The van der Waals surface area contributed by atoms with Crippen LogP contribution in [0.15, 0.2) is 0 Å². The molecule has 1 amide bonds. The number of likely N-dealkylation sites (tertiary alicyclic amines) is 1. The van der Waals surface area contributed by atoms with E-state index in [4.69, 9.17) is 0 Å². The molecule has 0 aliphatic carbocycles. The molecule has 0 aromatic rings. The Kier molecular flexibility index (Phi) is 2.75. The van der Waals surface area contributed by atoms with Crippen molar-refractivity contribution in [2.24, 2.45) is 0 Å². The van der Waals surface area contributed by atoms with Gasteiger partial charge < -0.3 is 10.2 Å². The third kappa shape index (κ3) is 1.77. The first-order valence-electron chi connectivity index (χ1n) is 5.33. The Hall–Kier alpha value is -0.220. The van der Waals surface area contributed by atoms with Crippen molar-refractivity contribution in [2.45, 2.75) is 36.3 Å². The lowest BCUT2D eigenvalue weighted by molar-refractivity contribution is -0.120. The molecule has 0 saturated carbocycles. The minimum Gasteiger partial charge on any atom is -0.341 e. The molecule has 14 heavy (non-hydrogen) atoms. The molecule has 1 atom stereocenters. The van der Waals surface area contributed by atoms with Crippen LogP contribution in [-0.2, 0) is 4.79 Å². The van der Waals surface area contributed by atoms with Crippen molar-refractivity contribution in [3.8, 4) is 0 Å². The lowest BCUT2D eigenvalue weighted by Gasteiger charge is -2.36. The molecule has 0 aromatic heterocycles. The smallest absolute Gasteiger partial charge is 0.234 e. The van der Waals surface area contributed by atoms with Crippen molar-refractivity contribution in [1.82, 2.24) is 10.2 Å². The second-order valence-corrected chi connectivity index (χ2v) is 5.89. The molecule has 0 radical (unpaired) electrons. The monoisotopic (exact) mass is 216 g/mol. The Morgan fingerprint density at radius 2 is 2.21 bits per heavy atom. The zero-order chi connectivity index (χ0) is 10.2. The summed E-state index contributed by atoms with van der Waals surface area (Å²) in [7, 11) is 2.14. The van der Waals surface area contributed by atoms with E-state index in [2.05, 4.69) is 24.2 Å². The molecular weight excluding hydrogens is 198 g/mol. The van der Waals surface area contributed by atoms with Crippen molar-refractivity contribution in [3.63, 3.8) is 0 Å². The lowest BCUT2D eigenvalue weighted by Crippen LogP contribution is -2.48. The van der Waals surface area contributed by atoms with Crippen molar-refractivity contribution < 1.29 is 4.79 Å². The van der Waals surface area contributed by atoms with Gasteiger partial charge in [-0.1, -0.05) is 6.92 Å². The second kappa shape index (κ2) is 3.74. The van der Waals surface area contributed by atoms with Crippen LogP contribution in [0.1, 0.15) is 26.2 Å². The molecule has 1 N–H and O–H groups in total. The highest BCUT2D eigenvalue weighted by atomic mass is 32.2. The lowest BCUT2D eigenvalue weighted by atomic mass is 10.0. The van der Waals surface area contributed by atoms with E-state index < -0.39 is 0 Å². The van der Waals surface area contributed by atoms with E-state index in [9.17, 15) is 4.79 Å². The number of carbonyl (C=O) groups excluding carboxylic acids is 1. The van der Waals surface area contributed by atoms with Gasteiger partial charge in [0, 0.05) is 13.1 Å². The van der Waals surface area contributed by atoms with Gasteiger partial charge in [0.2, 0.25) is 5.91 Å². The maximum Gasteiger partial charge on any atom is 0.234 e. The first kappa shape index (κ1) is 10.3. The summed E-state index contributed by atoms with van der Waals surface area (Å²) >= 11 is 1.86. The molecule has 2 rings (SSSR count). The fourth-order valence-corrected chi connectivity index (χ4v) is 3.61. The molecule has 4 heteroatoms. The van der Waals surface area contributed by atoms with E-state index in [1.54, 1.807) is 0 Å². The third-order valence-electron chi connectivity index (χ3n) is 3.18. The van der Waals surface area contributed by atoms with Gasteiger partial charge in [-0.05, 0) is 26.3 Å². The summed E-state index contributed by atoms with van der Waals surface area (Å²) in [6.45, 7) is 4.29. The summed E-state index contributed by atoms with van der Waals surface area (Å²) in [5.74, 6) is 0.252. The number of hydrogen-bond donors (Lipinski definition) is 1. The minimum atomic E-state index is 0.0737. The highest BCUT2D eigenvalue weighted by Crippen LogP contribution is 2.41. The van der Waals surface area contributed by atoms with Crippen molar-refractivity contribution in [1.29, 1.82) is 0 Å². The highest BCUT2D eigenvalue weighted by molar-refractivity contribution is 8.02. The largest absolute Gasteiger partial charge is 0.341 e. The second-order valence-electron chi connectivity index (χ2n) is 4.30. The van der Waals surface area contributed by atoms with Crippen molar-refractivity contribution in [2.75, 3.05) is 20.1 Å². The van der Waals surface area contributed by atoms with E-state index in [0.29, 0.717) is 0 Å². The molecule has 2 aliphatic heterocycles. The van der Waals surface area contributed by atoms with Crippen LogP contribution in [0, 0.1) is 0 Å². The maximum atomic E-state index is 11.6. The van der Waals surface area contributed by atoms with Gasteiger partial charge in [-0.25, -0.2) is 0 Å². The number of rotatable bonds is 1. The van der Waals surface area contributed by atoms with E-state index in [0.717, 1.165) is 32.4 Å². The molecule has 1 spiro atoms. The van der Waals surface area contributed by atoms with Gasteiger partial charge in [0.1, 0.15) is 0 Å². The van der Waals surface area contributed by atoms with Crippen LogP contribution in [0.3, 0.4) is 0 Å². The van der Waals surface area contributed by atoms with Gasteiger partial charge in [0.15, 0.2) is 0 Å². The van der Waals surface area contributed by atoms with Gasteiger partial charge in [-0.2, -0.15) is 0 Å². The van der Waals surface area contributed by atoms with Gasteiger partial charge in [0.25, 0.3) is 0 Å². The Bertz CT molecular complexity index is 236. The summed E-state index contributed by atoms with van der Waals surface area (Å²) in [6, 6.07) is 0. The van der Waals surface area contributed by atoms with Gasteiger partial charge >= 0.3 is 0 Å². The maximum absolute atomic E-state index is 11.6. The SMILES string of the molecule is C[14CH2]C1SC2(CCN(C)CC2)NC1=O. The van der Waals surface area contributed by atoms with Crippen LogP contribution >= 0.6 is 11.8 Å². The Morgan fingerprint density at radius 1 is 1.57 bits per heavy atom. The average molecular weight is 216 g/mol. The number of hydrogen-bond acceptors (Lipinski definition) is 3. The summed E-state index contributed by atoms with van der Waals surface area (Å²) in [4.78, 5) is 14.0. The predicted octanol–water partition coefficient (Wildman–Crippen LogP) is 1.05.